The van der Waals surface area contributed by atoms with Crippen LogP contribution in [-0.4, -0.2) is 34.3 Å². The van der Waals surface area contributed by atoms with Gasteiger partial charge in [-0.1, -0.05) is 0 Å². The fraction of sp³-hybridized carbons (Fsp3) is 0.150. The molecule has 0 saturated carbocycles. The Bertz CT molecular complexity index is 1270. The molecule has 2 aromatic heterocycles. The van der Waals surface area contributed by atoms with Crippen LogP contribution in [0.1, 0.15) is 10.4 Å². The lowest BCUT2D eigenvalue weighted by Crippen LogP contribution is -2.20. The molecule has 4 rings (SSSR count). The normalized spacial score (nSPS) is 11.0. The number of ether oxygens (including phenoxy) is 2. The van der Waals surface area contributed by atoms with E-state index in [1.54, 1.807) is 67.3 Å². The molecule has 4 aromatic rings. The van der Waals surface area contributed by atoms with Crippen molar-refractivity contribution < 1.29 is 14.3 Å². The Morgan fingerprint density at radius 2 is 1.82 bits per heavy atom. The molecular weight excluding hydrogens is 360 g/mol. The Morgan fingerprint density at radius 3 is 2.57 bits per heavy atom. The van der Waals surface area contributed by atoms with Gasteiger partial charge >= 0.3 is 0 Å². The lowest BCUT2D eigenvalue weighted by molar-refractivity contribution is 0.102. The third-order valence-electron chi connectivity index (χ3n) is 4.65. The number of benzene rings is 2. The maximum absolute atomic E-state index is 12.8. The number of hydrogen-bond donors (Lipinski definition) is 1. The second-order valence-electron chi connectivity index (χ2n) is 6.22. The molecule has 0 radical (unpaired) electrons. The second kappa shape index (κ2) is 6.73. The van der Waals surface area contributed by atoms with Crippen LogP contribution in [0.5, 0.6) is 11.5 Å². The monoisotopic (exact) mass is 378 g/mol. The summed E-state index contributed by atoms with van der Waals surface area (Å²) in [4.78, 5) is 25.3. The van der Waals surface area contributed by atoms with Gasteiger partial charge in [0.2, 0.25) is 0 Å². The summed E-state index contributed by atoms with van der Waals surface area (Å²) in [5.74, 6) is 0.788. The number of rotatable bonds is 4. The van der Waals surface area contributed by atoms with Crippen LogP contribution < -0.4 is 20.3 Å². The van der Waals surface area contributed by atoms with Crippen molar-refractivity contribution >= 4 is 28.1 Å². The standard InChI is InChI=1S/C20H18N4O4/c1-23-17-10-12(4-7-15(17)24-16(20(23)26)8-9-21-24)19(25)22-14-6-5-13(27-2)11-18(14)28-3/h4-11H,1-3H3,(H,22,25). The van der Waals surface area contributed by atoms with Gasteiger partial charge in [-0.25, -0.2) is 4.52 Å². The summed E-state index contributed by atoms with van der Waals surface area (Å²) in [6.07, 6.45) is 1.58. The molecule has 142 valence electrons. The molecular formula is C20H18N4O4. The van der Waals surface area contributed by atoms with Crippen LogP contribution in [0, 0.1) is 0 Å². The van der Waals surface area contributed by atoms with Crippen LogP contribution in [0.2, 0.25) is 0 Å². The highest BCUT2D eigenvalue weighted by molar-refractivity contribution is 6.06. The zero-order chi connectivity index (χ0) is 19.8. The predicted octanol–water partition coefficient (Wildman–Crippen LogP) is 2.46. The smallest absolute Gasteiger partial charge is 0.276 e. The molecule has 2 aromatic carbocycles. The minimum atomic E-state index is -0.321. The SMILES string of the molecule is COc1ccc(NC(=O)c2ccc3c(c2)n(C)c(=O)c2ccnn23)c(OC)c1. The van der Waals surface area contributed by atoms with Crippen LogP contribution >= 0.6 is 0 Å². The minimum absolute atomic E-state index is 0.181. The first kappa shape index (κ1) is 17.6. The highest BCUT2D eigenvalue weighted by Crippen LogP contribution is 2.29. The zero-order valence-corrected chi connectivity index (χ0v) is 15.6. The largest absolute Gasteiger partial charge is 0.497 e. The van der Waals surface area contributed by atoms with Crippen molar-refractivity contribution in [1.29, 1.82) is 0 Å². The summed E-state index contributed by atoms with van der Waals surface area (Å²) in [6, 6.07) is 11.9. The number of amides is 1. The van der Waals surface area contributed by atoms with Crippen molar-refractivity contribution in [2.75, 3.05) is 19.5 Å². The van der Waals surface area contributed by atoms with E-state index in [9.17, 15) is 9.59 Å². The third-order valence-corrected chi connectivity index (χ3v) is 4.65. The molecule has 0 aliphatic heterocycles. The predicted molar refractivity (Wildman–Crippen MR) is 105 cm³/mol. The van der Waals surface area contributed by atoms with Gasteiger partial charge in [0.1, 0.15) is 17.0 Å². The van der Waals surface area contributed by atoms with E-state index in [4.69, 9.17) is 9.47 Å². The van der Waals surface area contributed by atoms with E-state index in [1.807, 2.05) is 0 Å². The zero-order valence-electron chi connectivity index (χ0n) is 15.6. The number of carbonyl (C=O) groups excluding carboxylic acids is 1. The van der Waals surface area contributed by atoms with Crippen molar-refractivity contribution in [3.8, 4) is 11.5 Å². The molecule has 28 heavy (non-hydrogen) atoms. The number of aromatic nitrogens is 3. The van der Waals surface area contributed by atoms with Gasteiger partial charge < -0.3 is 19.4 Å². The molecule has 0 saturated heterocycles. The van der Waals surface area contributed by atoms with Crippen molar-refractivity contribution in [2.45, 2.75) is 0 Å². The maximum Gasteiger partial charge on any atom is 0.276 e. The number of carbonyl (C=O) groups is 1. The van der Waals surface area contributed by atoms with Crippen LogP contribution in [0.15, 0.2) is 53.5 Å². The fourth-order valence-corrected chi connectivity index (χ4v) is 3.15. The number of methoxy groups -OCH3 is 2. The highest BCUT2D eigenvalue weighted by Gasteiger charge is 2.14. The molecule has 1 N–H and O–H groups in total. The topological polar surface area (TPSA) is 86.9 Å². The van der Waals surface area contributed by atoms with Crippen molar-refractivity contribution in [3.63, 3.8) is 0 Å². The molecule has 0 bridgehead atoms. The van der Waals surface area contributed by atoms with Gasteiger partial charge in [0.25, 0.3) is 11.5 Å². The first-order chi connectivity index (χ1) is 13.5. The van der Waals surface area contributed by atoms with Crippen LogP contribution in [0.3, 0.4) is 0 Å². The molecule has 8 heteroatoms. The maximum atomic E-state index is 12.8. The van der Waals surface area contributed by atoms with Gasteiger partial charge in [0.05, 0.1) is 37.1 Å². The summed E-state index contributed by atoms with van der Waals surface area (Å²) in [5.41, 5.74) is 2.57. The fourth-order valence-electron chi connectivity index (χ4n) is 3.15. The Morgan fingerprint density at radius 1 is 1.00 bits per heavy atom. The first-order valence-corrected chi connectivity index (χ1v) is 8.53. The molecule has 8 nitrogen and oxygen atoms in total. The number of aryl methyl sites for hydroxylation is 1. The Balaban J connectivity index is 1.75. The second-order valence-corrected chi connectivity index (χ2v) is 6.22. The van der Waals surface area contributed by atoms with Crippen LogP contribution in [-0.2, 0) is 7.05 Å². The van der Waals surface area contributed by atoms with Crippen LogP contribution in [0.25, 0.3) is 16.6 Å². The average molecular weight is 378 g/mol. The van der Waals surface area contributed by atoms with Gasteiger partial charge in [-0.2, -0.15) is 5.10 Å². The first-order valence-electron chi connectivity index (χ1n) is 8.53. The number of anilines is 1. The van der Waals surface area contributed by atoms with E-state index in [2.05, 4.69) is 10.4 Å². The van der Waals surface area contributed by atoms with E-state index < -0.39 is 0 Å². The number of nitrogens with zero attached hydrogens (tertiary/aromatic N) is 3. The molecule has 0 aliphatic rings. The highest BCUT2D eigenvalue weighted by atomic mass is 16.5. The van der Waals surface area contributed by atoms with E-state index in [-0.39, 0.29) is 11.5 Å². The van der Waals surface area contributed by atoms with Gasteiger partial charge in [-0.15, -0.1) is 0 Å². The Hall–Kier alpha value is -3.81. The summed E-state index contributed by atoms with van der Waals surface area (Å²) >= 11 is 0. The molecule has 0 spiro atoms. The van der Waals surface area contributed by atoms with Gasteiger partial charge in [0, 0.05) is 18.7 Å². The molecule has 0 unspecified atom stereocenters. The molecule has 0 aliphatic carbocycles. The average Bonchev–Trinajstić information content (AvgIpc) is 3.22. The summed E-state index contributed by atoms with van der Waals surface area (Å²) in [5, 5.41) is 7.04. The summed E-state index contributed by atoms with van der Waals surface area (Å²) in [7, 11) is 4.75. The third kappa shape index (κ3) is 2.75. The van der Waals surface area contributed by atoms with E-state index in [1.165, 1.54) is 11.7 Å². The number of nitrogens with one attached hydrogen (secondary N) is 1. The lowest BCUT2D eigenvalue weighted by atomic mass is 10.1. The van der Waals surface area contributed by atoms with E-state index in [0.717, 1.165) is 5.52 Å². The number of hydrogen-bond acceptors (Lipinski definition) is 5. The van der Waals surface area contributed by atoms with Crippen molar-refractivity contribution in [3.05, 3.63) is 64.6 Å². The van der Waals surface area contributed by atoms with Gasteiger partial charge in [0.15, 0.2) is 0 Å². The van der Waals surface area contributed by atoms with Crippen molar-refractivity contribution in [2.24, 2.45) is 7.05 Å². The lowest BCUT2D eigenvalue weighted by Gasteiger charge is -2.13. The molecule has 0 atom stereocenters. The summed E-state index contributed by atoms with van der Waals surface area (Å²) < 4.78 is 13.6. The molecule has 1 amide bonds. The minimum Gasteiger partial charge on any atom is -0.497 e. The quantitative estimate of drug-likeness (QED) is 0.589. The number of fused-ring (bicyclic) bond motifs is 3. The van der Waals surface area contributed by atoms with Gasteiger partial charge in [-0.05, 0) is 36.4 Å². The molecule has 0 fully saturated rings. The van der Waals surface area contributed by atoms with E-state index in [0.29, 0.717) is 33.8 Å². The van der Waals surface area contributed by atoms with Crippen LogP contribution in [0.4, 0.5) is 5.69 Å². The van der Waals surface area contributed by atoms with E-state index >= 15 is 0 Å². The van der Waals surface area contributed by atoms with Crippen molar-refractivity contribution in [1.82, 2.24) is 14.2 Å². The Labute approximate surface area is 159 Å². The molecule has 2 heterocycles. The summed E-state index contributed by atoms with van der Waals surface area (Å²) in [6.45, 7) is 0. The van der Waals surface area contributed by atoms with Gasteiger partial charge in [-0.3, -0.25) is 9.59 Å². The Kier molecular flexibility index (Phi) is 4.23.